The summed E-state index contributed by atoms with van der Waals surface area (Å²) in [5.41, 5.74) is -0.763. The Morgan fingerprint density at radius 3 is 1.88 bits per heavy atom. The highest BCUT2D eigenvalue weighted by Crippen LogP contribution is 2.13. The number of hydrogen-bond donors (Lipinski definition) is 4. The molecule has 11 nitrogen and oxygen atoms in total. The Bertz CT molecular complexity index is 744. The van der Waals surface area contributed by atoms with Gasteiger partial charge in [-0.05, 0) is 32.6 Å². The third-order valence-electron chi connectivity index (χ3n) is 4.48. The van der Waals surface area contributed by atoms with Gasteiger partial charge in [-0.25, -0.2) is 9.59 Å². The molecule has 0 radical (unpaired) electrons. The van der Waals surface area contributed by atoms with Gasteiger partial charge in [0, 0.05) is 7.05 Å². The molecule has 0 aromatic carbocycles. The molecule has 11 heteroatoms. The second kappa shape index (κ2) is 14.2. The average molecular weight is 485 g/mol. The van der Waals surface area contributed by atoms with E-state index in [0.29, 0.717) is 0 Å². The van der Waals surface area contributed by atoms with Gasteiger partial charge >= 0.3 is 12.1 Å². The van der Waals surface area contributed by atoms with Crippen LogP contribution in [0.1, 0.15) is 54.9 Å². The molecule has 0 aromatic rings. The minimum absolute atomic E-state index is 0.0405. The largest absolute Gasteiger partial charge is 0.458 e. The summed E-state index contributed by atoms with van der Waals surface area (Å²) in [6, 6.07) is -3.34. The molecule has 0 aromatic heterocycles. The molecule has 0 aliphatic heterocycles. The van der Waals surface area contributed by atoms with Crippen LogP contribution >= 0.6 is 0 Å². The standard InChI is InChI=1S/C23H40N4O7/c1-10-11-33-22(32)27-17(13(2)3)20(30)25-15(12-16(28)24-9)19(29)26-18(14(4)5)21(31)34-23(6,7)8/h10,13-15,17-18H,1,11-12H2,2-9H3,(H,24,28)(H,25,30)(H,26,29)(H,27,32)/t15-,17-,18-/m0/s1. The summed E-state index contributed by atoms with van der Waals surface area (Å²) in [4.78, 5) is 62.5. The zero-order chi connectivity index (χ0) is 26.6. The lowest BCUT2D eigenvalue weighted by Gasteiger charge is -2.29. The van der Waals surface area contributed by atoms with Crippen molar-refractivity contribution in [3.63, 3.8) is 0 Å². The van der Waals surface area contributed by atoms with Gasteiger partial charge in [0.15, 0.2) is 0 Å². The number of carbonyl (C=O) groups excluding carboxylic acids is 5. The second-order valence-electron chi connectivity index (χ2n) is 9.46. The van der Waals surface area contributed by atoms with Gasteiger partial charge in [-0.3, -0.25) is 14.4 Å². The fourth-order valence-electron chi connectivity index (χ4n) is 2.71. The molecular formula is C23H40N4O7. The van der Waals surface area contributed by atoms with Crippen molar-refractivity contribution in [2.75, 3.05) is 13.7 Å². The molecule has 0 aliphatic carbocycles. The first-order valence-corrected chi connectivity index (χ1v) is 11.2. The topological polar surface area (TPSA) is 152 Å². The van der Waals surface area contributed by atoms with Crippen molar-refractivity contribution in [2.45, 2.75) is 78.6 Å². The molecule has 0 saturated carbocycles. The Morgan fingerprint density at radius 1 is 0.882 bits per heavy atom. The van der Waals surface area contributed by atoms with Gasteiger partial charge in [0.25, 0.3) is 0 Å². The van der Waals surface area contributed by atoms with E-state index in [2.05, 4.69) is 27.8 Å². The minimum atomic E-state index is -1.30. The number of esters is 1. The van der Waals surface area contributed by atoms with Crippen LogP contribution in [0.25, 0.3) is 0 Å². The van der Waals surface area contributed by atoms with E-state index in [0.717, 1.165) is 0 Å². The maximum absolute atomic E-state index is 13.0. The number of ether oxygens (including phenoxy) is 2. The molecule has 0 aliphatic rings. The van der Waals surface area contributed by atoms with Crippen LogP contribution in [-0.4, -0.2) is 67.2 Å². The van der Waals surface area contributed by atoms with E-state index in [1.807, 2.05) is 0 Å². The molecule has 4 N–H and O–H groups in total. The van der Waals surface area contributed by atoms with E-state index in [1.54, 1.807) is 48.5 Å². The van der Waals surface area contributed by atoms with Crippen LogP contribution in [0.5, 0.6) is 0 Å². The molecule has 0 spiro atoms. The third-order valence-corrected chi connectivity index (χ3v) is 4.48. The summed E-state index contributed by atoms with van der Waals surface area (Å²) >= 11 is 0. The lowest BCUT2D eigenvalue weighted by Crippen LogP contribution is -2.58. The lowest BCUT2D eigenvalue weighted by atomic mass is 10.0. The molecule has 0 rings (SSSR count). The Hall–Kier alpha value is -3.11. The highest BCUT2D eigenvalue weighted by atomic mass is 16.6. The zero-order valence-electron chi connectivity index (χ0n) is 21.4. The molecular weight excluding hydrogens is 444 g/mol. The highest BCUT2D eigenvalue weighted by Gasteiger charge is 2.34. The molecule has 194 valence electrons. The van der Waals surface area contributed by atoms with Crippen LogP contribution in [0.3, 0.4) is 0 Å². The first kappa shape index (κ1) is 30.9. The van der Waals surface area contributed by atoms with E-state index >= 15 is 0 Å². The van der Waals surface area contributed by atoms with Gasteiger partial charge in [-0.2, -0.15) is 0 Å². The van der Waals surface area contributed by atoms with Crippen molar-refractivity contribution in [3.05, 3.63) is 12.7 Å². The van der Waals surface area contributed by atoms with Crippen LogP contribution in [0, 0.1) is 11.8 Å². The maximum Gasteiger partial charge on any atom is 0.408 e. The number of alkyl carbamates (subject to hydrolysis) is 1. The summed E-state index contributed by atoms with van der Waals surface area (Å²) in [5, 5.41) is 9.92. The number of rotatable bonds is 12. The Kier molecular flexibility index (Phi) is 12.9. The Morgan fingerprint density at radius 2 is 1.44 bits per heavy atom. The van der Waals surface area contributed by atoms with E-state index in [9.17, 15) is 24.0 Å². The average Bonchev–Trinajstić information content (AvgIpc) is 2.71. The lowest BCUT2D eigenvalue weighted by molar-refractivity contribution is -0.160. The smallest absolute Gasteiger partial charge is 0.408 e. The fourth-order valence-corrected chi connectivity index (χ4v) is 2.71. The van der Waals surface area contributed by atoms with E-state index in [4.69, 9.17) is 9.47 Å². The van der Waals surface area contributed by atoms with Crippen molar-refractivity contribution < 1.29 is 33.4 Å². The van der Waals surface area contributed by atoms with Crippen LogP contribution in [0.4, 0.5) is 4.79 Å². The Labute approximate surface area is 201 Å². The first-order chi connectivity index (χ1) is 15.6. The molecule has 3 atom stereocenters. The predicted octanol–water partition coefficient (Wildman–Crippen LogP) is 1.03. The fraction of sp³-hybridized carbons (Fsp3) is 0.696. The van der Waals surface area contributed by atoms with Gasteiger partial charge in [0.05, 0.1) is 6.42 Å². The molecule has 0 heterocycles. The quantitative estimate of drug-likeness (QED) is 0.238. The summed E-state index contributed by atoms with van der Waals surface area (Å²) in [5.74, 6) is -3.23. The van der Waals surface area contributed by atoms with E-state index < -0.39 is 53.5 Å². The minimum Gasteiger partial charge on any atom is -0.458 e. The molecule has 4 amide bonds. The maximum atomic E-state index is 13.0. The Balaban J connectivity index is 5.64. The van der Waals surface area contributed by atoms with Gasteiger partial charge < -0.3 is 30.7 Å². The number of hydrogen-bond acceptors (Lipinski definition) is 7. The van der Waals surface area contributed by atoms with Crippen LogP contribution < -0.4 is 21.3 Å². The van der Waals surface area contributed by atoms with Gasteiger partial charge in [0.1, 0.15) is 30.3 Å². The summed E-state index contributed by atoms with van der Waals surface area (Å²) < 4.78 is 10.2. The first-order valence-electron chi connectivity index (χ1n) is 11.2. The zero-order valence-corrected chi connectivity index (χ0v) is 21.4. The summed E-state index contributed by atoms with van der Waals surface area (Å²) in [6.45, 7) is 15.4. The highest BCUT2D eigenvalue weighted by molar-refractivity contribution is 5.95. The predicted molar refractivity (Wildman–Crippen MR) is 127 cm³/mol. The number of carbonyl (C=O) groups is 5. The number of nitrogens with one attached hydrogen (secondary N) is 4. The van der Waals surface area contributed by atoms with E-state index in [1.165, 1.54) is 13.1 Å². The molecule has 34 heavy (non-hydrogen) atoms. The second-order valence-corrected chi connectivity index (χ2v) is 9.46. The third kappa shape index (κ3) is 11.7. The van der Waals surface area contributed by atoms with Gasteiger partial charge in [-0.1, -0.05) is 40.3 Å². The van der Waals surface area contributed by atoms with Crippen molar-refractivity contribution in [1.29, 1.82) is 0 Å². The van der Waals surface area contributed by atoms with Crippen molar-refractivity contribution in [2.24, 2.45) is 11.8 Å². The monoisotopic (exact) mass is 484 g/mol. The van der Waals surface area contributed by atoms with Crippen molar-refractivity contribution in [3.8, 4) is 0 Å². The summed E-state index contributed by atoms with van der Waals surface area (Å²) in [6.07, 6.45) is 0.175. The molecule has 0 fully saturated rings. The van der Waals surface area contributed by atoms with Crippen LogP contribution in [0.15, 0.2) is 12.7 Å². The molecule has 0 unspecified atom stereocenters. The molecule has 0 bridgehead atoms. The van der Waals surface area contributed by atoms with Crippen molar-refractivity contribution in [1.82, 2.24) is 21.3 Å². The number of amides is 4. The van der Waals surface area contributed by atoms with Crippen LogP contribution in [0.2, 0.25) is 0 Å². The van der Waals surface area contributed by atoms with Crippen molar-refractivity contribution >= 4 is 29.8 Å². The van der Waals surface area contributed by atoms with Crippen LogP contribution in [-0.2, 0) is 28.7 Å². The molecule has 0 saturated heterocycles. The van der Waals surface area contributed by atoms with Gasteiger partial charge in [-0.15, -0.1) is 0 Å². The van der Waals surface area contributed by atoms with E-state index in [-0.39, 0.29) is 24.9 Å². The summed E-state index contributed by atoms with van der Waals surface area (Å²) in [7, 11) is 1.39. The van der Waals surface area contributed by atoms with Gasteiger partial charge in [0.2, 0.25) is 17.7 Å². The normalized spacial score (nSPS) is 13.8. The SMILES string of the molecule is C=CCOC(=O)N[C@H](C(=O)N[C@@H](CC(=O)NC)C(=O)N[C@H](C(=O)OC(C)(C)C)C(C)C)C(C)C.